The lowest BCUT2D eigenvalue weighted by molar-refractivity contribution is -0.388. The summed E-state index contributed by atoms with van der Waals surface area (Å²) in [4.78, 5) is 27.0. The summed E-state index contributed by atoms with van der Waals surface area (Å²) in [6.45, 7) is 7.80. The standard InChI is InChI=1S/C38H60O14/c1-17(15-39)5-8-24(41)18(2)27-25(42)14-23-21-7-6-19-13-20(9-11-37(19,3)22(21)10-12-38(23,27)4)49-36-33(30(45)28(43)26(16-40)50-36)51-35-32(47)29(44)31(46)34(48)52-35/h6,17-18,20-23,26-36,39-40,43-48H,5,7-16H2,1-4H3/t17-,18+,20?,21+,22-,23-,26+,27+,28+,29+,30-,31+,32+,33+,34+,35-,36+,37-,38-/m0/s1. The largest absolute Gasteiger partial charge is 0.396 e. The van der Waals surface area contributed by atoms with Gasteiger partial charge in [-0.05, 0) is 79.4 Å². The highest BCUT2D eigenvalue weighted by Gasteiger charge is 2.62. The smallest absolute Gasteiger partial charge is 0.189 e. The molecule has 0 amide bonds. The van der Waals surface area contributed by atoms with Crippen molar-refractivity contribution < 1.29 is 69.4 Å². The summed E-state index contributed by atoms with van der Waals surface area (Å²) in [5.41, 5.74) is 0.863. The molecule has 0 aromatic carbocycles. The van der Waals surface area contributed by atoms with Gasteiger partial charge in [0, 0.05) is 31.3 Å². The van der Waals surface area contributed by atoms with E-state index in [0.29, 0.717) is 43.9 Å². The van der Waals surface area contributed by atoms with Crippen LogP contribution in [0, 0.1) is 46.3 Å². The summed E-state index contributed by atoms with van der Waals surface area (Å²) in [5, 5.41) is 81.5. The zero-order valence-electron chi connectivity index (χ0n) is 30.7. The summed E-state index contributed by atoms with van der Waals surface area (Å²) in [6, 6.07) is 0. The predicted molar refractivity (Wildman–Crippen MR) is 182 cm³/mol. The van der Waals surface area contributed by atoms with E-state index in [0.717, 1.165) is 25.7 Å². The second-order valence-corrected chi connectivity index (χ2v) is 17.2. The van der Waals surface area contributed by atoms with Gasteiger partial charge in [0.05, 0.1) is 12.7 Å². The summed E-state index contributed by atoms with van der Waals surface area (Å²) in [6.07, 6.45) is -8.25. The average molecular weight is 741 g/mol. The van der Waals surface area contributed by atoms with Crippen molar-refractivity contribution in [2.45, 2.75) is 153 Å². The number of Topliss-reactive ketones (excluding diaryl/α,β-unsaturated/α-hetero) is 2. The second-order valence-electron chi connectivity index (χ2n) is 17.2. The molecule has 6 aliphatic rings. The van der Waals surface area contributed by atoms with Gasteiger partial charge in [0.15, 0.2) is 18.9 Å². The summed E-state index contributed by atoms with van der Waals surface area (Å²) in [7, 11) is 0. The van der Waals surface area contributed by atoms with Crippen molar-refractivity contribution in [3.8, 4) is 0 Å². The number of ketones is 2. The van der Waals surface area contributed by atoms with E-state index in [1.165, 1.54) is 5.57 Å². The molecule has 14 nitrogen and oxygen atoms in total. The lowest BCUT2D eigenvalue weighted by atomic mass is 9.47. The van der Waals surface area contributed by atoms with Crippen molar-refractivity contribution in [3.05, 3.63) is 11.6 Å². The molecule has 296 valence electrons. The van der Waals surface area contributed by atoms with Crippen molar-refractivity contribution in [2.75, 3.05) is 13.2 Å². The topological polar surface area (TPSA) is 233 Å². The monoisotopic (exact) mass is 740 g/mol. The number of fused-ring (bicyclic) bond motifs is 5. The van der Waals surface area contributed by atoms with E-state index >= 15 is 0 Å². The maximum atomic E-state index is 13.7. The second kappa shape index (κ2) is 15.6. The van der Waals surface area contributed by atoms with Gasteiger partial charge in [-0.3, -0.25) is 9.59 Å². The number of carbonyl (C=O) groups is 2. The number of aliphatic hydroxyl groups excluding tert-OH is 8. The number of allylic oxidation sites excluding steroid dienone is 1. The van der Waals surface area contributed by atoms with Crippen LogP contribution in [0.5, 0.6) is 0 Å². The molecule has 0 spiro atoms. The van der Waals surface area contributed by atoms with Gasteiger partial charge in [0.1, 0.15) is 54.3 Å². The first-order valence-electron chi connectivity index (χ1n) is 19.2. The number of hydrogen-bond acceptors (Lipinski definition) is 14. The minimum absolute atomic E-state index is 0.0413. The maximum absolute atomic E-state index is 13.7. The Labute approximate surface area is 305 Å². The van der Waals surface area contributed by atoms with Crippen LogP contribution in [0.3, 0.4) is 0 Å². The molecule has 52 heavy (non-hydrogen) atoms. The Morgan fingerprint density at radius 1 is 0.885 bits per heavy atom. The highest BCUT2D eigenvalue weighted by molar-refractivity contribution is 5.92. The molecule has 0 radical (unpaired) electrons. The van der Waals surface area contributed by atoms with Gasteiger partial charge in [-0.1, -0.05) is 39.3 Å². The first kappa shape index (κ1) is 40.3. The highest BCUT2D eigenvalue weighted by Crippen LogP contribution is 2.66. The summed E-state index contributed by atoms with van der Waals surface area (Å²) < 4.78 is 23.2. The first-order valence-corrected chi connectivity index (χ1v) is 19.2. The van der Waals surface area contributed by atoms with E-state index in [4.69, 9.17) is 18.9 Å². The van der Waals surface area contributed by atoms with Crippen LogP contribution in [0.2, 0.25) is 0 Å². The van der Waals surface area contributed by atoms with Crippen molar-refractivity contribution >= 4 is 11.6 Å². The quantitative estimate of drug-likeness (QED) is 0.134. The fraction of sp³-hybridized carbons (Fsp3) is 0.895. The van der Waals surface area contributed by atoms with Gasteiger partial charge in [-0.2, -0.15) is 0 Å². The molecule has 1 unspecified atom stereocenters. The van der Waals surface area contributed by atoms with Crippen LogP contribution < -0.4 is 0 Å². The van der Waals surface area contributed by atoms with Crippen molar-refractivity contribution in [2.24, 2.45) is 46.3 Å². The highest BCUT2D eigenvalue weighted by atomic mass is 16.8. The number of hydrogen-bond donors (Lipinski definition) is 8. The predicted octanol–water partition coefficient (Wildman–Crippen LogP) is 0.325. The molecule has 0 bridgehead atoms. The van der Waals surface area contributed by atoms with Crippen molar-refractivity contribution in [1.82, 2.24) is 0 Å². The fourth-order valence-corrected chi connectivity index (χ4v) is 10.9. The Bertz CT molecular complexity index is 1330. The normalized spacial score (nSPS) is 49.0. The zero-order valence-corrected chi connectivity index (χ0v) is 30.7. The van der Waals surface area contributed by atoms with Gasteiger partial charge in [-0.15, -0.1) is 0 Å². The Hall–Kier alpha value is -1.40. The molecule has 5 fully saturated rings. The molecule has 2 heterocycles. The number of carbonyl (C=O) groups excluding carboxylic acids is 2. The Kier molecular flexibility index (Phi) is 12.1. The molecular weight excluding hydrogens is 680 g/mol. The molecule has 4 aliphatic carbocycles. The van der Waals surface area contributed by atoms with Crippen molar-refractivity contribution in [1.29, 1.82) is 0 Å². The SMILES string of the molecule is C[C@H](CO)CCC(=O)[C@@H](C)[C@@H]1C(=O)C[C@H]2[C@@H]3CC=C4CC(O[C@@H]5O[C@H](CO)[C@@H](O)[C@H](O)[C@H]5O[C@H]5O[C@@H](O)[C@H](O)[C@@H](O)[C@H]5O)CC[C@]4(C)[C@H]3CC[C@@]21C. The van der Waals surface area contributed by atoms with E-state index in [1.54, 1.807) is 0 Å². The Morgan fingerprint density at radius 2 is 1.62 bits per heavy atom. The van der Waals surface area contributed by atoms with Crippen LogP contribution in [0.4, 0.5) is 0 Å². The van der Waals surface area contributed by atoms with Gasteiger partial charge in [-0.25, -0.2) is 0 Å². The van der Waals surface area contributed by atoms with E-state index in [2.05, 4.69) is 19.9 Å². The summed E-state index contributed by atoms with van der Waals surface area (Å²) in [5.74, 6) is 0.558. The summed E-state index contributed by atoms with van der Waals surface area (Å²) >= 11 is 0. The Balaban J connectivity index is 1.15. The van der Waals surface area contributed by atoms with Crippen LogP contribution in [0.1, 0.15) is 85.5 Å². The molecule has 2 saturated heterocycles. The molecule has 2 aliphatic heterocycles. The van der Waals surface area contributed by atoms with Crippen molar-refractivity contribution in [3.63, 3.8) is 0 Å². The average Bonchev–Trinajstić information content (AvgIpc) is 3.40. The molecule has 14 heteroatoms. The maximum Gasteiger partial charge on any atom is 0.189 e. The number of rotatable bonds is 11. The van der Waals surface area contributed by atoms with Crippen LogP contribution in [-0.2, 0) is 28.5 Å². The van der Waals surface area contributed by atoms with E-state index in [9.17, 15) is 50.4 Å². The third kappa shape index (κ3) is 7.09. The molecular formula is C38H60O14. The first-order chi connectivity index (χ1) is 24.5. The molecule has 3 saturated carbocycles. The van der Waals surface area contributed by atoms with E-state index in [1.807, 2.05) is 13.8 Å². The Morgan fingerprint density at radius 3 is 2.31 bits per heavy atom. The minimum atomic E-state index is -1.89. The van der Waals surface area contributed by atoms with E-state index < -0.39 is 74.3 Å². The molecule has 8 N–H and O–H groups in total. The third-order valence-corrected chi connectivity index (χ3v) is 14.2. The molecule has 0 aromatic heterocycles. The van der Waals surface area contributed by atoms with Gasteiger partial charge in [0.2, 0.25) is 0 Å². The molecule has 0 aromatic rings. The minimum Gasteiger partial charge on any atom is -0.396 e. The zero-order chi connectivity index (χ0) is 37.9. The van der Waals surface area contributed by atoms with Gasteiger partial charge >= 0.3 is 0 Å². The van der Waals surface area contributed by atoms with E-state index in [-0.39, 0.29) is 52.7 Å². The number of aliphatic hydroxyl groups is 8. The van der Waals surface area contributed by atoms with Crippen LogP contribution in [-0.4, -0.2) is 133 Å². The lowest BCUT2D eigenvalue weighted by Gasteiger charge is -2.58. The lowest BCUT2D eigenvalue weighted by Crippen LogP contribution is -2.64. The van der Waals surface area contributed by atoms with Crippen LogP contribution in [0.25, 0.3) is 0 Å². The fourth-order valence-electron chi connectivity index (χ4n) is 10.9. The molecule has 6 rings (SSSR count). The third-order valence-electron chi connectivity index (χ3n) is 14.2. The van der Waals surface area contributed by atoms with Crippen LogP contribution >= 0.6 is 0 Å². The number of ether oxygens (including phenoxy) is 4. The van der Waals surface area contributed by atoms with Gasteiger partial charge < -0.3 is 59.8 Å². The van der Waals surface area contributed by atoms with Gasteiger partial charge in [0.25, 0.3) is 0 Å². The molecule has 19 atom stereocenters. The van der Waals surface area contributed by atoms with Crippen LogP contribution in [0.15, 0.2) is 11.6 Å².